The lowest BCUT2D eigenvalue weighted by Crippen LogP contribution is -2.14. The Hall–Kier alpha value is -10.3. The summed E-state index contributed by atoms with van der Waals surface area (Å²) in [6.07, 6.45) is -10.3. The lowest BCUT2D eigenvalue weighted by atomic mass is 9.89. The molecule has 5 nitrogen and oxygen atoms in total. The van der Waals surface area contributed by atoms with Gasteiger partial charge in [0.1, 0.15) is 0 Å². The van der Waals surface area contributed by atoms with E-state index in [1.54, 1.807) is 18.2 Å². The minimum absolute atomic E-state index is 0.156. The highest BCUT2D eigenvalue weighted by Crippen LogP contribution is 2.49. The second kappa shape index (κ2) is 17.3. The van der Waals surface area contributed by atoms with Gasteiger partial charge in [-0.05, 0) is 115 Å². The quantitative estimate of drug-likeness (QED) is 0.153. The first-order valence-electron chi connectivity index (χ1n) is 26.0. The van der Waals surface area contributed by atoms with Crippen LogP contribution in [0.5, 0.6) is 0 Å². The first kappa shape index (κ1) is 46.9. The summed E-state index contributed by atoms with van der Waals surface area (Å²) < 4.78 is 99.7. The predicted molar refractivity (Wildman–Crippen MR) is 309 cm³/mol. The third-order valence-corrected chi connectivity index (χ3v) is 15.9. The molecule has 0 radical (unpaired) electrons. The molecule has 0 unspecified atom stereocenters. The van der Waals surface area contributed by atoms with Crippen LogP contribution in [0.1, 0.15) is 16.7 Å². The number of nitrogens with zero attached hydrogens (tertiary/aromatic N) is 5. The topological polar surface area (TPSA) is 43.5 Å². The van der Waals surface area contributed by atoms with Crippen LogP contribution >= 0.6 is 0 Å². The van der Waals surface area contributed by atoms with E-state index in [2.05, 4.69) is 81.9 Å². The van der Waals surface area contributed by atoms with Crippen molar-refractivity contribution in [1.82, 2.24) is 18.3 Å². The molecule has 0 aliphatic rings. The second-order valence-corrected chi connectivity index (χ2v) is 20.1. The summed E-state index contributed by atoms with van der Waals surface area (Å²) in [7, 11) is 0. The monoisotopic (exact) mass is 1050 g/mol. The van der Waals surface area contributed by atoms with Gasteiger partial charge in [-0.25, -0.2) is 0 Å². The van der Waals surface area contributed by atoms with Crippen LogP contribution in [0.4, 0.5) is 26.3 Å². The lowest BCUT2D eigenvalue weighted by Gasteiger charge is -2.23. The summed E-state index contributed by atoms with van der Waals surface area (Å²) in [6.45, 7) is 0. The molecule has 0 spiro atoms. The molecule has 0 fully saturated rings. The molecule has 0 aliphatic carbocycles. The van der Waals surface area contributed by atoms with Gasteiger partial charge < -0.3 is 18.3 Å². The van der Waals surface area contributed by atoms with Crippen LogP contribution in [0, 0.1) is 11.3 Å². The summed E-state index contributed by atoms with van der Waals surface area (Å²) in [5, 5.41) is 19.2. The number of halogens is 6. The van der Waals surface area contributed by atoms with E-state index in [1.807, 2.05) is 130 Å². The van der Waals surface area contributed by atoms with Gasteiger partial charge in [0.05, 0.1) is 78.3 Å². The standard InChI is InChI=1S/C69H39F6N5/c70-68(71,72)54-22-14-23-55(69(73,74)75)67(54)41-31-34-64(79-60-28-11-5-20-49(60)51-38-43(32-35-62(51)79)77-56-24-7-1-16-45(56)46-17-2-8-25-57(46)77)53(37-41)66-42(40-76)15-13-30-65(66)80-61-29-12-6-21-50(61)52-39-44(33-36-63(52)80)78-58-26-9-3-18-47(58)48-19-4-10-27-59(48)78/h1-39H. The van der Waals surface area contributed by atoms with Crippen molar-refractivity contribution < 1.29 is 26.3 Å². The zero-order chi connectivity index (χ0) is 54.2. The van der Waals surface area contributed by atoms with Crippen LogP contribution in [-0.4, -0.2) is 18.3 Å². The van der Waals surface area contributed by atoms with E-state index >= 15 is 26.3 Å². The van der Waals surface area contributed by atoms with Crippen molar-refractivity contribution in [2.45, 2.75) is 12.4 Å². The number of hydrogen-bond donors (Lipinski definition) is 0. The van der Waals surface area contributed by atoms with Gasteiger partial charge in [-0.2, -0.15) is 31.6 Å². The Balaban J connectivity index is 1.03. The number of rotatable bonds is 6. The fourth-order valence-corrected chi connectivity index (χ4v) is 12.6. The molecule has 382 valence electrons. The van der Waals surface area contributed by atoms with Crippen molar-refractivity contribution in [2.75, 3.05) is 0 Å². The van der Waals surface area contributed by atoms with E-state index in [1.165, 1.54) is 12.1 Å². The molecule has 0 atom stereocenters. The number of para-hydroxylation sites is 6. The van der Waals surface area contributed by atoms with Crippen LogP contribution in [-0.2, 0) is 12.4 Å². The number of alkyl halides is 6. The minimum Gasteiger partial charge on any atom is -0.309 e. The third kappa shape index (κ3) is 6.91. The summed E-state index contributed by atoms with van der Waals surface area (Å²) >= 11 is 0. The highest BCUT2D eigenvalue weighted by molar-refractivity contribution is 6.15. The van der Waals surface area contributed by atoms with E-state index in [0.717, 1.165) is 105 Å². The van der Waals surface area contributed by atoms with Gasteiger partial charge in [-0.1, -0.05) is 127 Å². The Morgan fingerprint density at radius 3 is 1.07 bits per heavy atom. The number of fused-ring (bicyclic) bond motifs is 12. The number of hydrogen-bond acceptors (Lipinski definition) is 1. The van der Waals surface area contributed by atoms with Crippen LogP contribution in [0.15, 0.2) is 237 Å². The van der Waals surface area contributed by atoms with Crippen LogP contribution < -0.4 is 0 Å². The third-order valence-electron chi connectivity index (χ3n) is 15.9. The predicted octanol–water partition coefficient (Wildman–Crippen LogP) is 19.3. The Labute approximate surface area is 451 Å². The molecule has 15 rings (SSSR count). The molecule has 80 heavy (non-hydrogen) atoms. The van der Waals surface area contributed by atoms with Gasteiger partial charge >= 0.3 is 12.4 Å². The lowest BCUT2D eigenvalue weighted by molar-refractivity contribution is -0.142. The average Bonchev–Trinajstić information content (AvgIpc) is 4.33. The van der Waals surface area contributed by atoms with Crippen molar-refractivity contribution in [3.8, 4) is 51.1 Å². The number of aromatic nitrogens is 4. The molecule has 11 heteroatoms. The fraction of sp³-hybridized carbons (Fsp3) is 0.0290. The van der Waals surface area contributed by atoms with Gasteiger partial charge in [0.25, 0.3) is 0 Å². The highest BCUT2D eigenvalue weighted by Gasteiger charge is 2.41. The maximum absolute atomic E-state index is 15.2. The molecular weight excluding hydrogens is 1010 g/mol. The Morgan fingerprint density at radius 2 is 0.662 bits per heavy atom. The summed E-state index contributed by atoms with van der Waals surface area (Å²) in [5.41, 5.74) is 6.31. The van der Waals surface area contributed by atoms with Gasteiger partial charge in [-0.3, -0.25) is 0 Å². The zero-order valence-corrected chi connectivity index (χ0v) is 42.0. The molecule has 0 aliphatic heterocycles. The van der Waals surface area contributed by atoms with E-state index in [-0.39, 0.29) is 16.7 Å². The molecule has 0 N–H and O–H groups in total. The van der Waals surface area contributed by atoms with E-state index < -0.39 is 29.0 Å². The summed E-state index contributed by atoms with van der Waals surface area (Å²) in [6, 6.07) is 75.1. The average molecular weight is 1050 g/mol. The van der Waals surface area contributed by atoms with Gasteiger partial charge in [0.15, 0.2) is 0 Å². The molecule has 15 aromatic rings. The summed E-state index contributed by atoms with van der Waals surface area (Å²) in [5.74, 6) is 0. The Kier molecular flexibility index (Phi) is 10.2. The van der Waals surface area contributed by atoms with E-state index in [0.29, 0.717) is 29.1 Å². The van der Waals surface area contributed by atoms with Crippen LogP contribution in [0.2, 0.25) is 0 Å². The molecule has 4 heterocycles. The molecule has 0 bridgehead atoms. The number of benzene rings is 11. The largest absolute Gasteiger partial charge is 0.417 e. The van der Waals surface area contributed by atoms with E-state index in [9.17, 15) is 5.26 Å². The van der Waals surface area contributed by atoms with Crippen molar-refractivity contribution >= 4 is 87.2 Å². The van der Waals surface area contributed by atoms with Crippen molar-refractivity contribution in [2.24, 2.45) is 0 Å². The minimum atomic E-state index is -5.16. The molecule has 0 amide bonds. The maximum Gasteiger partial charge on any atom is 0.417 e. The normalized spacial score (nSPS) is 12.4. The van der Waals surface area contributed by atoms with Crippen molar-refractivity contribution in [3.05, 3.63) is 253 Å². The first-order valence-corrected chi connectivity index (χ1v) is 26.0. The fourth-order valence-electron chi connectivity index (χ4n) is 12.6. The van der Waals surface area contributed by atoms with Gasteiger partial charge in [0.2, 0.25) is 0 Å². The second-order valence-electron chi connectivity index (χ2n) is 20.1. The SMILES string of the molecule is N#Cc1cccc(-n2c3ccccc3c3cc(-n4c5ccccc5c5ccccc54)ccc32)c1-c1cc(-c2c(C(F)(F)F)cccc2C(F)(F)F)ccc1-n1c2ccccc2c2cc(-n3c4ccccc4c4ccccc43)ccc21. The molecule has 4 aromatic heterocycles. The smallest absolute Gasteiger partial charge is 0.309 e. The maximum atomic E-state index is 15.2. The molecular formula is C69H39F6N5. The Morgan fingerprint density at radius 1 is 0.300 bits per heavy atom. The first-order chi connectivity index (χ1) is 39.0. The van der Waals surface area contributed by atoms with Crippen LogP contribution in [0.3, 0.4) is 0 Å². The Bertz CT molecular complexity index is 5000. The molecule has 11 aromatic carbocycles. The zero-order valence-electron chi connectivity index (χ0n) is 42.0. The van der Waals surface area contributed by atoms with Gasteiger partial charge in [0, 0.05) is 71.2 Å². The summed E-state index contributed by atoms with van der Waals surface area (Å²) in [4.78, 5) is 0. The molecule has 0 saturated carbocycles. The van der Waals surface area contributed by atoms with E-state index in [4.69, 9.17) is 0 Å². The van der Waals surface area contributed by atoms with Crippen LogP contribution in [0.25, 0.3) is 132 Å². The molecule has 0 saturated heterocycles. The van der Waals surface area contributed by atoms with Crippen molar-refractivity contribution in [1.29, 1.82) is 5.26 Å². The number of nitriles is 1. The van der Waals surface area contributed by atoms with Crippen molar-refractivity contribution in [3.63, 3.8) is 0 Å². The highest BCUT2D eigenvalue weighted by atomic mass is 19.4. The van der Waals surface area contributed by atoms with Gasteiger partial charge in [-0.15, -0.1) is 0 Å².